The molecule has 1 fully saturated rings. The summed E-state index contributed by atoms with van der Waals surface area (Å²) in [6.45, 7) is 0. The first-order valence-corrected chi connectivity index (χ1v) is 9.21. The van der Waals surface area contributed by atoms with E-state index in [1.165, 1.54) is 26.4 Å². The Hall–Kier alpha value is 0.660. The van der Waals surface area contributed by atoms with E-state index >= 15 is 0 Å². The van der Waals surface area contributed by atoms with E-state index < -0.39 is 26.3 Å². The van der Waals surface area contributed by atoms with E-state index in [1.807, 2.05) is 0 Å². The van der Waals surface area contributed by atoms with Crippen molar-refractivity contribution in [1.82, 2.24) is 0 Å². The fourth-order valence-corrected chi connectivity index (χ4v) is 8.87. The Morgan fingerprint density at radius 2 is 1.24 bits per heavy atom. The third-order valence-corrected chi connectivity index (χ3v) is 11.0. The van der Waals surface area contributed by atoms with Crippen molar-refractivity contribution < 1.29 is 19.1 Å². The van der Waals surface area contributed by atoms with E-state index in [4.69, 9.17) is 9.47 Å². The van der Waals surface area contributed by atoms with Gasteiger partial charge in [0.1, 0.15) is 8.65 Å². The molecule has 3 aliphatic carbocycles. The van der Waals surface area contributed by atoms with E-state index in [0.29, 0.717) is 8.96 Å². The maximum atomic E-state index is 12.5. The van der Waals surface area contributed by atoms with Crippen molar-refractivity contribution in [2.45, 2.75) is 14.4 Å². The van der Waals surface area contributed by atoms with E-state index in [2.05, 4.69) is 63.7 Å². The zero-order valence-corrected chi connectivity index (χ0v) is 17.3. The molecule has 0 aromatic heterocycles. The summed E-state index contributed by atoms with van der Waals surface area (Å²) >= 11 is 14.4. The number of ether oxygens (including phenoxy) is 2. The Kier molecular flexibility index (Phi) is 3.80. The molecule has 0 spiro atoms. The van der Waals surface area contributed by atoms with Crippen molar-refractivity contribution >= 4 is 75.3 Å². The van der Waals surface area contributed by atoms with Crippen LogP contribution in [-0.4, -0.2) is 40.2 Å². The third-order valence-electron chi connectivity index (χ3n) is 4.58. The molecule has 0 saturated heterocycles. The number of carbonyl (C=O) groups excluding carboxylic acids is 2. The second kappa shape index (κ2) is 4.83. The minimum Gasteiger partial charge on any atom is -0.350 e. The fraction of sp³-hybridized carbons (Fsp3) is 0.538. The fourth-order valence-electron chi connectivity index (χ4n) is 3.78. The number of hydrogen-bond acceptors (Lipinski definition) is 4. The van der Waals surface area contributed by atoms with Crippen molar-refractivity contribution in [2.24, 2.45) is 11.8 Å². The van der Waals surface area contributed by atoms with Gasteiger partial charge in [0.25, 0.3) is 0 Å². The van der Waals surface area contributed by atoms with Gasteiger partial charge in [-0.1, -0.05) is 63.7 Å². The summed E-state index contributed by atoms with van der Waals surface area (Å²) in [5.74, 6) is -2.75. The summed E-state index contributed by atoms with van der Waals surface area (Å²) in [5.41, 5.74) is 0. The normalized spacial score (nSPS) is 43.7. The molecule has 3 rings (SSSR count). The Morgan fingerprint density at radius 3 is 1.52 bits per heavy atom. The van der Waals surface area contributed by atoms with E-state index in [1.54, 1.807) is 0 Å². The molecule has 21 heavy (non-hydrogen) atoms. The van der Waals surface area contributed by atoms with E-state index in [0.717, 1.165) is 0 Å². The van der Waals surface area contributed by atoms with Gasteiger partial charge in [-0.25, -0.2) is 0 Å². The number of hydrogen-bond donors (Lipinski definition) is 0. The van der Waals surface area contributed by atoms with Gasteiger partial charge in [-0.05, 0) is 12.2 Å². The van der Waals surface area contributed by atoms with Gasteiger partial charge >= 0.3 is 0 Å². The van der Waals surface area contributed by atoms with Crippen LogP contribution < -0.4 is 0 Å². The number of halogens is 4. The predicted octanol–water partition coefficient (Wildman–Crippen LogP) is 3.21. The molecule has 0 aliphatic heterocycles. The van der Waals surface area contributed by atoms with E-state index in [-0.39, 0.29) is 11.6 Å². The lowest BCUT2D eigenvalue weighted by Crippen LogP contribution is -2.57. The zero-order valence-electron chi connectivity index (χ0n) is 11.0. The van der Waals surface area contributed by atoms with Crippen LogP contribution in [0.4, 0.5) is 0 Å². The van der Waals surface area contributed by atoms with Crippen LogP contribution >= 0.6 is 63.7 Å². The van der Waals surface area contributed by atoms with Gasteiger partial charge < -0.3 is 9.47 Å². The van der Waals surface area contributed by atoms with Crippen molar-refractivity contribution in [2.75, 3.05) is 14.2 Å². The molecule has 4 unspecified atom stereocenters. The van der Waals surface area contributed by atoms with Crippen LogP contribution in [0.25, 0.3) is 0 Å². The quantitative estimate of drug-likeness (QED) is 0.392. The molecule has 0 aromatic carbocycles. The van der Waals surface area contributed by atoms with Crippen molar-refractivity contribution in [1.29, 1.82) is 0 Å². The first-order chi connectivity index (χ1) is 9.74. The second-order valence-electron chi connectivity index (χ2n) is 5.17. The van der Waals surface area contributed by atoms with Crippen molar-refractivity contribution in [3.05, 3.63) is 21.1 Å². The summed E-state index contributed by atoms with van der Waals surface area (Å²) in [5, 5.41) is 0. The number of carbonyl (C=O) groups is 2. The minimum absolute atomic E-state index is 0.131. The first-order valence-electron chi connectivity index (χ1n) is 6.04. The average molecular weight is 550 g/mol. The van der Waals surface area contributed by atoms with Crippen molar-refractivity contribution in [3.8, 4) is 0 Å². The number of alkyl halides is 2. The SMILES string of the molecule is COC1(OC)C2(Br)C(Br)=C(Br)C1(Br)C1C(=O)C=CC(=O)C12. The Bertz CT molecular complexity index is 576. The van der Waals surface area contributed by atoms with Gasteiger partial charge in [-0.15, -0.1) is 0 Å². The predicted molar refractivity (Wildman–Crippen MR) is 91.1 cm³/mol. The van der Waals surface area contributed by atoms with Gasteiger partial charge in [0.05, 0.1) is 11.8 Å². The van der Waals surface area contributed by atoms with Gasteiger partial charge in [0.15, 0.2) is 11.6 Å². The molecule has 0 aromatic rings. The standard InChI is InChI=1S/C13H10Br4O4/c1-20-13(21-2)11(16)7-5(18)3-4-6(19)8(7)12(13,17)10(15)9(11)14/h3-4,7-8H,1-2H3. The summed E-state index contributed by atoms with van der Waals surface area (Å²) in [6.07, 6.45) is 2.65. The van der Waals surface area contributed by atoms with E-state index in [9.17, 15) is 9.59 Å². The summed E-state index contributed by atoms with van der Waals surface area (Å²) in [6, 6.07) is 0. The van der Waals surface area contributed by atoms with Crippen LogP contribution in [0.5, 0.6) is 0 Å². The smallest absolute Gasteiger partial charge is 0.209 e. The first kappa shape index (κ1) is 16.5. The van der Waals surface area contributed by atoms with Crippen LogP contribution in [0.15, 0.2) is 21.1 Å². The van der Waals surface area contributed by atoms with Crippen LogP contribution in [0.2, 0.25) is 0 Å². The highest BCUT2D eigenvalue weighted by atomic mass is 79.9. The highest BCUT2D eigenvalue weighted by molar-refractivity contribution is 9.16. The van der Waals surface area contributed by atoms with Crippen molar-refractivity contribution in [3.63, 3.8) is 0 Å². The lowest BCUT2D eigenvalue weighted by molar-refractivity contribution is -0.214. The van der Waals surface area contributed by atoms with Crippen LogP contribution in [-0.2, 0) is 19.1 Å². The molecule has 2 bridgehead atoms. The average Bonchev–Trinajstić information content (AvgIpc) is 2.72. The molecule has 4 atom stereocenters. The maximum absolute atomic E-state index is 12.5. The van der Waals surface area contributed by atoms with Crippen LogP contribution in [0.1, 0.15) is 0 Å². The molecule has 0 radical (unpaired) electrons. The molecular formula is C13H10Br4O4. The largest absolute Gasteiger partial charge is 0.350 e. The van der Waals surface area contributed by atoms with Crippen LogP contribution in [0, 0.1) is 11.8 Å². The monoisotopic (exact) mass is 546 g/mol. The van der Waals surface area contributed by atoms with Gasteiger partial charge in [0, 0.05) is 23.2 Å². The van der Waals surface area contributed by atoms with Gasteiger partial charge in [0.2, 0.25) is 5.79 Å². The molecule has 8 heteroatoms. The summed E-state index contributed by atoms with van der Waals surface area (Å²) in [4.78, 5) is 24.9. The number of allylic oxidation sites excluding steroid dienone is 2. The zero-order chi connectivity index (χ0) is 15.8. The minimum atomic E-state index is -1.25. The molecule has 3 aliphatic rings. The molecule has 0 N–H and O–H groups in total. The number of rotatable bonds is 2. The Labute approximate surface area is 155 Å². The number of ketones is 2. The second-order valence-corrected chi connectivity index (χ2v) is 9.26. The van der Waals surface area contributed by atoms with Gasteiger partial charge in [-0.3, -0.25) is 9.59 Å². The molecule has 1 saturated carbocycles. The molecular weight excluding hydrogens is 540 g/mol. The topological polar surface area (TPSA) is 52.6 Å². The lowest BCUT2D eigenvalue weighted by atomic mass is 9.74. The lowest BCUT2D eigenvalue weighted by Gasteiger charge is -2.41. The summed E-state index contributed by atoms with van der Waals surface area (Å²) in [7, 11) is 3.00. The van der Waals surface area contributed by atoms with Gasteiger partial charge in [-0.2, -0.15) is 0 Å². The maximum Gasteiger partial charge on any atom is 0.209 e. The summed E-state index contributed by atoms with van der Waals surface area (Å²) < 4.78 is 10.9. The molecule has 114 valence electrons. The molecule has 4 nitrogen and oxygen atoms in total. The number of methoxy groups -OCH3 is 2. The number of fused-ring (bicyclic) bond motifs is 5. The Balaban J connectivity index is 2.39. The molecule has 0 amide bonds. The molecule has 0 heterocycles. The van der Waals surface area contributed by atoms with Crippen LogP contribution in [0.3, 0.4) is 0 Å². The highest BCUT2D eigenvalue weighted by Crippen LogP contribution is 2.76. The highest BCUT2D eigenvalue weighted by Gasteiger charge is 2.85. The third kappa shape index (κ3) is 1.48. The Morgan fingerprint density at radius 1 is 0.905 bits per heavy atom.